The lowest BCUT2D eigenvalue weighted by Crippen LogP contribution is -2.29. The summed E-state index contributed by atoms with van der Waals surface area (Å²) in [5.41, 5.74) is 3.01. The highest BCUT2D eigenvalue weighted by Gasteiger charge is 2.28. The molecule has 2 aliphatic rings. The molecule has 2 heterocycles. The van der Waals surface area contributed by atoms with Gasteiger partial charge in [-0.05, 0) is 68.1 Å². The number of amides is 1. The van der Waals surface area contributed by atoms with Crippen molar-refractivity contribution in [3.8, 4) is 0 Å². The average Bonchev–Trinajstić information content (AvgIpc) is 3.08. The summed E-state index contributed by atoms with van der Waals surface area (Å²) in [6.07, 6.45) is 4.32. The zero-order valence-corrected chi connectivity index (χ0v) is 16.6. The molecule has 2 aromatic carbocycles. The van der Waals surface area contributed by atoms with Gasteiger partial charge in [-0.3, -0.25) is 9.10 Å². The SMILES string of the molecule is O=C(Nc1cccc(N2CCCCC2)c1)c1ccc(N2CCCS2(=O)=O)cc1. The lowest BCUT2D eigenvalue weighted by atomic mass is 10.1. The third-order valence-corrected chi connectivity index (χ3v) is 7.21. The summed E-state index contributed by atoms with van der Waals surface area (Å²) in [7, 11) is -3.21. The molecular weight excluding hydrogens is 374 g/mol. The van der Waals surface area contributed by atoms with Crippen LogP contribution < -0.4 is 14.5 Å². The largest absolute Gasteiger partial charge is 0.371 e. The van der Waals surface area contributed by atoms with Crippen molar-refractivity contribution in [3.63, 3.8) is 0 Å². The van der Waals surface area contributed by atoms with Crippen LogP contribution >= 0.6 is 0 Å². The Balaban J connectivity index is 1.45. The number of carbonyl (C=O) groups is 1. The highest BCUT2D eigenvalue weighted by atomic mass is 32.2. The molecule has 2 fully saturated rings. The number of benzene rings is 2. The highest BCUT2D eigenvalue weighted by Crippen LogP contribution is 2.25. The number of hydrogen-bond acceptors (Lipinski definition) is 4. The summed E-state index contributed by atoms with van der Waals surface area (Å²) in [4.78, 5) is 15.0. The van der Waals surface area contributed by atoms with Gasteiger partial charge in [0.15, 0.2) is 0 Å². The molecule has 1 N–H and O–H groups in total. The van der Waals surface area contributed by atoms with Crippen LogP contribution in [0.25, 0.3) is 0 Å². The van der Waals surface area contributed by atoms with E-state index >= 15 is 0 Å². The third kappa shape index (κ3) is 3.99. The fourth-order valence-corrected chi connectivity index (χ4v) is 5.41. The molecule has 4 rings (SSSR count). The predicted octanol–water partition coefficient (Wildman–Crippen LogP) is 3.47. The quantitative estimate of drug-likeness (QED) is 0.855. The van der Waals surface area contributed by atoms with E-state index in [1.165, 1.54) is 23.6 Å². The molecule has 2 saturated heterocycles. The maximum Gasteiger partial charge on any atom is 0.255 e. The van der Waals surface area contributed by atoms with Crippen molar-refractivity contribution in [3.05, 3.63) is 54.1 Å². The van der Waals surface area contributed by atoms with Crippen molar-refractivity contribution in [2.24, 2.45) is 0 Å². The fourth-order valence-electron chi connectivity index (χ4n) is 3.84. The molecule has 1 amide bonds. The lowest BCUT2D eigenvalue weighted by Gasteiger charge is -2.29. The maximum absolute atomic E-state index is 12.6. The fraction of sp³-hybridized carbons (Fsp3) is 0.381. The molecule has 6 nitrogen and oxygen atoms in total. The van der Waals surface area contributed by atoms with Gasteiger partial charge in [0.1, 0.15) is 0 Å². The normalized spacial score (nSPS) is 18.9. The Bertz CT molecular complexity index is 951. The standard InChI is InChI=1S/C21H25N3O3S/c25-21(17-8-10-19(11-9-17)24-14-5-15-28(24,26)27)22-18-6-4-7-20(16-18)23-12-2-1-3-13-23/h4,6-11,16H,1-3,5,12-15H2,(H,22,25). The molecule has 0 aliphatic carbocycles. The van der Waals surface area contributed by atoms with Crippen molar-refractivity contribution < 1.29 is 13.2 Å². The molecule has 0 aromatic heterocycles. The van der Waals surface area contributed by atoms with Crippen molar-refractivity contribution in [2.45, 2.75) is 25.7 Å². The number of carbonyl (C=O) groups excluding carboxylic acids is 1. The van der Waals surface area contributed by atoms with Gasteiger partial charge in [0.2, 0.25) is 10.0 Å². The van der Waals surface area contributed by atoms with E-state index in [1.807, 2.05) is 18.2 Å². The molecule has 28 heavy (non-hydrogen) atoms. The Hall–Kier alpha value is -2.54. The molecule has 0 radical (unpaired) electrons. The van der Waals surface area contributed by atoms with Gasteiger partial charge < -0.3 is 10.2 Å². The van der Waals surface area contributed by atoms with Crippen LogP contribution in [0.1, 0.15) is 36.0 Å². The van der Waals surface area contributed by atoms with Gasteiger partial charge in [0.25, 0.3) is 5.91 Å². The van der Waals surface area contributed by atoms with Crippen LogP contribution in [0.5, 0.6) is 0 Å². The first-order valence-corrected chi connectivity index (χ1v) is 11.4. The summed E-state index contributed by atoms with van der Waals surface area (Å²) in [6, 6.07) is 14.7. The number of piperidine rings is 1. The first-order chi connectivity index (χ1) is 13.5. The first-order valence-electron chi connectivity index (χ1n) is 9.80. The predicted molar refractivity (Wildman–Crippen MR) is 113 cm³/mol. The Morgan fingerprint density at radius 3 is 2.29 bits per heavy atom. The van der Waals surface area contributed by atoms with E-state index in [9.17, 15) is 13.2 Å². The monoisotopic (exact) mass is 399 g/mol. The summed E-state index contributed by atoms with van der Waals surface area (Å²) in [5, 5.41) is 2.95. The van der Waals surface area contributed by atoms with Gasteiger partial charge in [-0.25, -0.2) is 8.42 Å². The molecule has 0 bridgehead atoms. The van der Waals surface area contributed by atoms with E-state index in [2.05, 4.69) is 16.3 Å². The van der Waals surface area contributed by atoms with Gasteiger partial charge in [0, 0.05) is 36.6 Å². The Labute approximate surface area is 166 Å². The molecule has 2 aromatic rings. The Morgan fingerprint density at radius 1 is 0.857 bits per heavy atom. The van der Waals surface area contributed by atoms with Crippen molar-refractivity contribution in [1.29, 1.82) is 0 Å². The van der Waals surface area contributed by atoms with E-state index in [-0.39, 0.29) is 11.7 Å². The zero-order chi connectivity index (χ0) is 19.6. The average molecular weight is 400 g/mol. The molecule has 0 spiro atoms. The number of rotatable bonds is 4. The van der Waals surface area contributed by atoms with Gasteiger partial charge in [-0.1, -0.05) is 6.07 Å². The lowest BCUT2D eigenvalue weighted by molar-refractivity contribution is 0.102. The van der Waals surface area contributed by atoms with Crippen LogP contribution in [0.15, 0.2) is 48.5 Å². The topological polar surface area (TPSA) is 69.7 Å². The van der Waals surface area contributed by atoms with Gasteiger partial charge in [-0.2, -0.15) is 0 Å². The van der Waals surface area contributed by atoms with Crippen LogP contribution in [-0.4, -0.2) is 39.7 Å². The maximum atomic E-state index is 12.6. The number of nitrogens with one attached hydrogen (secondary N) is 1. The van der Waals surface area contributed by atoms with Crippen LogP contribution in [-0.2, 0) is 10.0 Å². The third-order valence-electron chi connectivity index (χ3n) is 5.34. The second kappa shape index (κ2) is 7.83. The first kappa shape index (κ1) is 18.8. The van der Waals surface area contributed by atoms with Crippen molar-refractivity contribution in [2.75, 3.05) is 39.9 Å². The van der Waals surface area contributed by atoms with Crippen LogP contribution in [0.4, 0.5) is 17.1 Å². The molecule has 7 heteroatoms. The Kier molecular flexibility index (Phi) is 5.26. The van der Waals surface area contributed by atoms with E-state index in [0.717, 1.165) is 24.5 Å². The minimum absolute atomic E-state index is 0.183. The minimum Gasteiger partial charge on any atom is -0.371 e. The second-order valence-electron chi connectivity index (χ2n) is 7.34. The van der Waals surface area contributed by atoms with Crippen LogP contribution in [0, 0.1) is 0 Å². The Morgan fingerprint density at radius 2 is 1.61 bits per heavy atom. The zero-order valence-electron chi connectivity index (χ0n) is 15.8. The number of sulfonamides is 1. The van der Waals surface area contributed by atoms with Crippen molar-refractivity contribution in [1.82, 2.24) is 0 Å². The molecule has 0 atom stereocenters. The molecule has 148 valence electrons. The van der Waals surface area contributed by atoms with Gasteiger partial charge in [0.05, 0.1) is 11.4 Å². The van der Waals surface area contributed by atoms with Crippen molar-refractivity contribution >= 4 is 33.0 Å². The summed E-state index contributed by atoms with van der Waals surface area (Å²) in [5.74, 6) is -0.0191. The smallest absolute Gasteiger partial charge is 0.255 e. The van der Waals surface area contributed by atoms with E-state index < -0.39 is 10.0 Å². The van der Waals surface area contributed by atoms with Gasteiger partial charge in [-0.15, -0.1) is 0 Å². The minimum atomic E-state index is -3.21. The number of hydrogen-bond donors (Lipinski definition) is 1. The number of nitrogens with zero attached hydrogens (tertiary/aromatic N) is 2. The molecular formula is C21H25N3O3S. The van der Waals surface area contributed by atoms with Crippen LogP contribution in [0.3, 0.4) is 0 Å². The van der Waals surface area contributed by atoms with Gasteiger partial charge >= 0.3 is 0 Å². The highest BCUT2D eigenvalue weighted by molar-refractivity contribution is 7.93. The summed E-state index contributed by atoms with van der Waals surface area (Å²) >= 11 is 0. The summed E-state index contributed by atoms with van der Waals surface area (Å²) in [6.45, 7) is 2.60. The number of anilines is 3. The second-order valence-corrected chi connectivity index (χ2v) is 9.35. The van der Waals surface area contributed by atoms with Crippen LogP contribution in [0.2, 0.25) is 0 Å². The molecule has 0 saturated carbocycles. The van der Waals surface area contributed by atoms with E-state index in [0.29, 0.717) is 24.2 Å². The van der Waals surface area contributed by atoms with E-state index in [1.54, 1.807) is 24.3 Å². The summed E-state index contributed by atoms with van der Waals surface area (Å²) < 4.78 is 25.5. The molecule has 0 unspecified atom stereocenters. The molecule has 2 aliphatic heterocycles. The van der Waals surface area contributed by atoms with E-state index in [4.69, 9.17) is 0 Å².